The third-order valence-electron chi connectivity index (χ3n) is 3.52. The minimum absolute atomic E-state index is 0.0446. The van der Waals surface area contributed by atoms with E-state index in [-0.39, 0.29) is 16.5 Å². The molecule has 0 aliphatic carbocycles. The van der Waals surface area contributed by atoms with Gasteiger partial charge in [0, 0.05) is 12.3 Å². The molecular weight excluding hydrogens is 306 g/mol. The summed E-state index contributed by atoms with van der Waals surface area (Å²) >= 11 is 0. The van der Waals surface area contributed by atoms with E-state index in [9.17, 15) is 13.2 Å². The van der Waals surface area contributed by atoms with Gasteiger partial charge in [-0.25, -0.2) is 17.7 Å². The third-order valence-corrected chi connectivity index (χ3v) is 5.48. The maximum atomic E-state index is 13.0. The number of aryl methyl sites for hydroxylation is 2. The fourth-order valence-electron chi connectivity index (χ4n) is 2.49. The molecule has 1 aliphatic rings. The van der Waals surface area contributed by atoms with Gasteiger partial charge in [-0.3, -0.25) is 4.79 Å². The van der Waals surface area contributed by atoms with Crippen molar-refractivity contribution < 1.29 is 17.6 Å². The monoisotopic (exact) mass is 321 g/mol. The first-order valence-corrected chi connectivity index (χ1v) is 8.13. The van der Waals surface area contributed by atoms with Crippen molar-refractivity contribution in [2.24, 2.45) is 0 Å². The van der Waals surface area contributed by atoms with Crippen molar-refractivity contribution in [2.75, 3.05) is 9.62 Å². The van der Waals surface area contributed by atoms with Crippen LogP contribution in [0.1, 0.15) is 18.4 Å². The lowest BCUT2D eigenvalue weighted by atomic mass is 10.2. The molecule has 2 aromatic rings. The number of nitrogens with one attached hydrogen (secondary N) is 1. The maximum Gasteiger partial charge on any atom is 0.269 e. The quantitative estimate of drug-likeness (QED) is 0.911. The molecule has 0 radical (unpaired) electrons. The van der Waals surface area contributed by atoms with Crippen LogP contribution in [-0.2, 0) is 14.8 Å². The van der Waals surface area contributed by atoms with Crippen LogP contribution < -0.4 is 9.62 Å². The molecule has 0 unspecified atom stereocenters. The summed E-state index contributed by atoms with van der Waals surface area (Å²) in [7, 11) is -3.95. The van der Waals surface area contributed by atoms with Gasteiger partial charge in [0.05, 0.1) is 5.69 Å². The molecule has 0 spiro atoms. The normalized spacial score (nSPS) is 18.0. The van der Waals surface area contributed by atoms with E-state index in [4.69, 9.17) is 4.42 Å². The van der Waals surface area contributed by atoms with Crippen LogP contribution in [0.5, 0.6) is 0 Å². The van der Waals surface area contributed by atoms with Gasteiger partial charge in [-0.1, -0.05) is 0 Å². The number of fused-ring (bicyclic) bond motifs is 1. The van der Waals surface area contributed by atoms with Gasteiger partial charge in [0.15, 0.2) is 5.82 Å². The van der Waals surface area contributed by atoms with Crippen LogP contribution in [0.2, 0.25) is 0 Å². The number of carbonyl (C=O) groups is 1. The van der Waals surface area contributed by atoms with Crippen molar-refractivity contribution in [3.63, 3.8) is 0 Å². The van der Waals surface area contributed by atoms with E-state index in [0.29, 0.717) is 11.4 Å². The summed E-state index contributed by atoms with van der Waals surface area (Å²) in [6, 6.07) is 3.80. The Hall–Kier alpha value is -2.35. The van der Waals surface area contributed by atoms with E-state index in [1.54, 1.807) is 26.0 Å². The van der Waals surface area contributed by atoms with Gasteiger partial charge in [0.1, 0.15) is 22.5 Å². The lowest BCUT2D eigenvalue weighted by Gasteiger charge is -2.33. The lowest BCUT2D eigenvalue weighted by Crippen LogP contribution is -2.49. The van der Waals surface area contributed by atoms with Crippen molar-refractivity contribution in [3.05, 3.63) is 35.9 Å². The summed E-state index contributed by atoms with van der Waals surface area (Å²) in [5.41, 5.74) is 0.368. The van der Waals surface area contributed by atoms with Crippen LogP contribution in [0.3, 0.4) is 0 Å². The fraction of sp³-hybridized carbons (Fsp3) is 0.286. The number of aromatic nitrogens is 1. The predicted molar refractivity (Wildman–Crippen MR) is 80.2 cm³/mol. The van der Waals surface area contributed by atoms with Crippen LogP contribution in [-0.4, -0.2) is 25.4 Å². The number of carbonyl (C=O) groups excluding carboxylic acids is 1. The van der Waals surface area contributed by atoms with Gasteiger partial charge in [-0.15, -0.1) is 0 Å². The number of amides is 1. The molecule has 1 amide bonds. The third kappa shape index (κ3) is 2.07. The zero-order valence-corrected chi connectivity index (χ0v) is 13.1. The molecule has 0 fully saturated rings. The van der Waals surface area contributed by atoms with Gasteiger partial charge in [-0.05, 0) is 32.9 Å². The first-order valence-electron chi connectivity index (χ1n) is 6.69. The van der Waals surface area contributed by atoms with Crippen LogP contribution in [0.15, 0.2) is 33.7 Å². The molecular formula is C14H15N3O4S. The fourth-order valence-corrected chi connectivity index (χ4v) is 4.31. The van der Waals surface area contributed by atoms with Crippen LogP contribution >= 0.6 is 0 Å². The number of hydrogen-bond acceptors (Lipinski definition) is 5. The van der Waals surface area contributed by atoms with Crippen LogP contribution in [0, 0.1) is 13.8 Å². The Balaban J connectivity index is 2.21. The highest BCUT2D eigenvalue weighted by molar-refractivity contribution is 7.93. The first-order chi connectivity index (χ1) is 10.3. The number of rotatable bonds is 2. The molecule has 0 aromatic carbocycles. The minimum atomic E-state index is -3.95. The molecule has 0 bridgehead atoms. The van der Waals surface area contributed by atoms with E-state index >= 15 is 0 Å². The van der Waals surface area contributed by atoms with Gasteiger partial charge < -0.3 is 9.73 Å². The summed E-state index contributed by atoms with van der Waals surface area (Å²) in [6.07, 6.45) is 1.49. The number of anilines is 2. The van der Waals surface area contributed by atoms with Crippen LogP contribution in [0.25, 0.3) is 0 Å². The van der Waals surface area contributed by atoms with Crippen molar-refractivity contribution in [1.29, 1.82) is 0 Å². The Bertz CT molecular complexity index is 857. The number of pyridine rings is 1. The summed E-state index contributed by atoms with van der Waals surface area (Å²) in [6.45, 7) is 4.77. The Labute approximate surface area is 128 Å². The van der Waals surface area contributed by atoms with Gasteiger partial charge in [-0.2, -0.15) is 0 Å². The molecule has 1 aliphatic heterocycles. The summed E-state index contributed by atoms with van der Waals surface area (Å²) < 4.78 is 32.3. The maximum absolute atomic E-state index is 13.0. The summed E-state index contributed by atoms with van der Waals surface area (Å²) in [4.78, 5) is 16.2. The largest absolute Gasteiger partial charge is 0.465 e. The number of hydrogen-bond donors (Lipinski definition) is 1. The molecule has 0 saturated heterocycles. The molecule has 116 valence electrons. The molecule has 1 N–H and O–H groups in total. The van der Waals surface area contributed by atoms with Crippen molar-refractivity contribution >= 4 is 27.4 Å². The van der Waals surface area contributed by atoms with Gasteiger partial charge in [0.2, 0.25) is 5.91 Å². The Morgan fingerprint density at radius 2 is 2.09 bits per heavy atom. The van der Waals surface area contributed by atoms with E-state index in [1.807, 2.05) is 0 Å². The average molecular weight is 321 g/mol. The van der Waals surface area contributed by atoms with E-state index < -0.39 is 22.0 Å². The van der Waals surface area contributed by atoms with E-state index in [2.05, 4.69) is 10.3 Å². The van der Waals surface area contributed by atoms with Crippen molar-refractivity contribution in [2.45, 2.75) is 31.7 Å². The zero-order valence-electron chi connectivity index (χ0n) is 12.3. The smallest absolute Gasteiger partial charge is 0.269 e. The van der Waals surface area contributed by atoms with Crippen molar-refractivity contribution in [3.8, 4) is 0 Å². The molecule has 0 saturated carbocycles. The SMILES string of the molecule is Cc1cc(S(=O)(=O)N2c3ncccc3NC(=O)[C@@H]2C)c(C)o1. The highest BCUT2D eigenvalue weighted by Gasteiger charge is 2.40. The highest BCUT2D eigenvalue weighted by atomic mass is 32.2. The molecule has 1 atom stereocenters. The van der Waals surface area contributed by atoms with Crippen molar-refractivity contribution in [1.82, 2.24) is 4.98 Å². The second-order valence-corrected chi connectivity index (χ2v) is 6.90. The lowest BCUT2D eigenvalue weighted by molar-refractivity contribution is -0.117. The highest BCUT2D eigenvalue weighted by Crippen LogP contribution is 2.35. The molecule has 22 heavy (non-hydrogen) atoms. The molecule has 3 heterocycles. The summed E-state index contributed by atoms with van der Waals surface area (Å²) in [5.74, 6) is 0.578. The zero-order chi connectivity index (χ0) is 16.1. The second-order valence-electron chi connectivity index (χ2n) is 5.12. The summed E-state index contributed by atoms with van der Waals surface area (Å²) in [5, 5.41) is 2.65. The predicted octanol–water partition coefficient (Wildman–Crippen LogP) is 1.83. The molecule has 2 aromatic heterocycles. The number of furan rings is 1. The van der Waals surface area contributed by atoms with Gasteiger partial charge in [0.25, 0.3) is 10.0 Å². The second kappa shape index (κ2) is 4.84. The van der Waals surface area contributed by atoms with Gasteiger partial charge >= 0.3 is 0 Å². The standard InChI is InChI=1S/C14H15N3O4S/c1-8-7-12(10(3)21-8)22(19,20)17-9(2)14(18)16-11-5-4-6-15-13(11)17/h4-7,9H,1-3H3,(H,16,18)/t9-/m0/s1. The average Bonchev–Trinajstić information content (AvgIpc) is 2.79. The molecule has 3 rings (SSSR count). The minimum Gasteiger partial charge on any atom is -0.465 e. The first kappa shape index (κ1) is 14.6. The number of nitrogens with zero attached hydrogens (tertiary/aromatic N) is 2. The van der Waals surface area contributed by atoms with Crippen LogP contribution in [0.4, 0.5) is 11.5 Å². The Morgan fingerprint density at radius 3 is 2.73 bits per heavy atom. The van der Waals surface area contributed by atoms with E-state index in [1.165, 1.54) is 19.2 Å². The Morgan fingerprint density at radius 1 is 1.36 bits per heavy atom. The molecule has 8 heteroatoms. The number of sulfonamides is 1. The Kier molecular flexibility index (Phi) is 3.21. The van der Waals surface area contributed by atoms with E-state index in [0.717, 1.165) is 4.31 Å². The molecule has 7 nitrogen and oxygen atoms in total. The topological polar surface area (TPSA) is 92.5 Å².